The second-order valence-corrected chi connectivity index (χ2v) is 4.12. The maximum Gasteiger partial charge on any atom is 0.152 e. The first-order valence-electron chi connectivity index (χ1n) is 5.84. The van der Waals surface area contributed by atoms with Crippen molar-refractivity contribution in [3.8, 4) is 0 Å². The van der Waals surface area contributed by atoms with Crippen molar-refractivity contribution in [1.29, 1.82) is 0 Å². The standard InChI is InChI=1S/C13H24O/c1-4-5-6-7-8-9-10-12(2)11-13(3)14/h11H,4-10H2,1-3H3/b12-11-. The minimum Gasteiger partial charge on any atom is -0.295 e. The summed E-state index contributed by atoms with van der Waals surface area (Å²) in [5.41, 5.74) is 1.23. The van der Waals surface area contributed by atoms with Crippen LogP contribution < -0.4 is 0 Å². The summed E-state index contributed by atoms with van der Waals surface area (Å²) in [7, 11) is 0. The molecule has 0 N–H and O–H groups in total. The SMILES string of the molecule is CCCCCCCC/C(C)=C\C(C)=O. The first kappa shape index (κ1) is 13.4. The van der Waals surface area contributed by atoms with E-state index in [2.05, 4.69) is 6.92 Å². The Morgan fingerprint density at radius 2 is 1.57 bits per heavy atom. The summed E-state index contributed by atoms with van der Waals surface area (Å²) < 4.78 is 0. The Morgan fingerprint density at radius 1 is 1.00 bits per heavy atom. The van der Waals surface area contributed by atoms with E-state index in [-0.39, 0.29) is 5.78 Å². The van der Waals surface area contributed by atoms with Gasteiger partial charge in [0.2, 0.25) is 0 Å². The van der Waals surface area contributed by atoms with Crippen LogP contribution in [0.3, 0.4) is 0 Å². The summed E-state index contributed by atoms with van der Waals surface area (Å²) in [6.45, 7) is 5.90. The molecule has 0 unspecified atom stereocenters. The zero-order valence-electron chi connectivity index (χ0n) is 9.94. The first-order chi connectivity index (χ1) is 6.66. The maximum absolute atomic E-state index is 10.8. The normalized spacial score (nSPS) is 11.8. The molecule has 0 aromatic heterocycles. The lowest BCUT2D eigenvalue weighted by atomic mass is 10.1. The molecule has 0 rings (SSSR count). The van der Waals surface area contributed by atoms with Crippen LogP contribution in [0, 0.1) is 0 Å². The summed E-state index contributed by atoms with van der Waals surface area (Å²) in [6, 6.07) is 0. The molecule has 1 heteroatoms. The number of carbonyl (C=O) groups excluding carboxylic acids is 1. The van der Waals surface area contributed by atoms with Crippen LogP contribution in [0.15, 0.2) is 11.6 Å². The topological polar surface area (TPSA) is 17.1 Å². The van der Waals surface area contributed by atoms with E-state index in [9.17, 15) is 4.79 Å². The smallest absolute Gasteiger partial charge is 0.152 e. The predicted molar refractivity (Wildman–Crippen MR) is 62.4 cm³/mol. The molecule has 0 fully saturated rings. The molecule has 0 spiro atoms. The molecule has 0 saturated heterocycles. The average Bonchev–Trinajstić information content (AvgIpc) is 2.10. The quantitative estimate of drug-likeness (QED) is 0.418. The van der Waals surface area contributed by atoms with Crippen molar-refractivity contribution >= 4 is 5.78 Å². The molecule has 0 aromatic carbocycles. The van der Waals surface area contributed by atoms with Crippen LogP contribution in [0.2, 0.25) is 0 Å². The molecule has 0 heterocycles. The fourth-order valence-corrected chi connectivity index (χ4v) is 1.60. The van der Waals surface area contributed by atoms with Gasteiger partial charge in [-0.15, -0.1) is 0 Å². The molecule has 0 amide bonds. The lowest BCUT2D eigenvalue weighted by Gasteiger charge is -2.01. The minimum absolute atomic E-state index is 0.175. The highest BCUT2D eigenvalue weighted by atomic mass is 16.1. The first-order valence-corrected chi connectivity index (χ1v) is 5.84. The van der Waals surface area contributed by atoms with E-state index in [1.54, 1.807) is 13.0 Å². The van der Waals surface area contributed by atoms with Crippen molar-refractivity contribution in [2.45, 2.75) is 65.7 Å². The number of rotatable bonds is 8. The second kappa shape index (κ2) is 8.98. The van der Waals surface area contributed by atoms with Crippen molar-refractivity contribution in [3.63, 3.8) is 0 Å². The number of hydrogen-bond acceptors (Lipinski definition) is 1. The number of unbranched alkanes of at least 4 members (excludes halogenated alkanes) is 5. The molecule has 1 nitrogen and oxygen atoms in total. The minimum atomic E-state index is 0.175. The van der Waals surface area contributed by atoms with Crippen LogP contribution >= 0.6 is 0 Å². The Bertz CT molecular complexity index is 180. The average molecular weight is 196 g/mol. The van der Waals surface area contributed by atoms with Crippen LogP contribution in [-0.4, -0.2) is 5.78 Å². The van der Waals surface area contributed by atoms with Crippen LogP contribution in [-0.2, 0) is 4.79 Å². The molecule has 0 bridgehead atoms. The van der Waals surface area contributed by atoms with Crippen molar-refractivity contribution in [2.24, 2.45) is 0 Å². The summed E-state index contributed by atoms with van der Waals surface area (Å²) in [4.78, 5) is 10.8. The van der Waals surface area contributed by atoms with E-state index in [0.717, 1.165) is 6.42 Å². The fourth-order valence-electron chi connectivity index (χ4n) is 1.60. The van der Waals surface area contributed by atoms with Crippen LogP contribution in [0.25, 0.3) is 0 Å². The van der Waals surface area contributed by atoms with Gasteiger partial charge in [0, 0.05) is 0 Å². The Morgan fingerprint density at radius 3 is 2.14 bits per heavy atom. The lowest BCUT2D eigenvalue weighted by molar-refractivity contribution is -0.112. The number of ketones is 1. The molecular weight excluding hydrogens is 172 g/mol. The molecule has 14 heavy (non-hydrogen) atoms. The molecule has 0 aliphatic heterocycles. The van der Waals surface area contributed by atoms with Gasteiger partial charge in [-0.3, -0.25) is 4.79 Å². The largest absolute Gasteiger partial charge is 0.295 e. The van der Waals surface area contributed by atoms with Crippen molar-refractivity contribution in [1.82, 2.24) is 0 Å². The summed E-state index contributed by atoms with van der Waals surface area (Å²) >= 11 is 0. The Kier molecular flexibility index (Phi) is 8.61. The van der Waals surface area contributed by atoms with Gasteiger partial charge in [-0.05, 0) is 32.8 Å². The Hall–Kier alpha value is -0.590. The van der Waals surface area contributed by atoms with E-state index in [1.807, 2.05) is 6.92 Å². The molecule has 0 atom stereocenters. The summed E-state index contributed by atoms with van der Waals surface area (Å²) in [5, 5.41) is 0. The number of allylic oxidation sites excluding steroid dienone is 2. The zero-order valence-corrected chi connectivity index (χ0v) is 9.94. The van der Waals surface area contributed by atoms with E-state index in [1.165, 1.54) is 44.1 Å². The van der Waals surface area contributed by atoms with Gasteiger partial charge in [0.1, 0.15) is 0 Å². The second-order valence-electron chi connectivity index (χ2n) is 4.12. The van der Waals surface area contributed by atoms with Gasteiger partial charge in [0.15, 0.2) is 5.78 Å². The third-order valence-electron chi connectivity index (χ3n) is 2.37. The van der Waals surface area contributed by atoms with Gasteiger partial charge in [-0.2, -0.15) is 0 Å². The van der Waals surface area contributed by atoms with E-state index in [0.29, 0.717) is 0 Å². The Labute approximate surface area is 88.6 Å². The van der Waals surface area contributed by atoms with Gasteiger partial charge < -0.3 is 0 Å². The summed E-state index contributed by atoms with van der Waals surface area (Å²) in [6.07, 6.45) is 10.8. The van der Waals surface area contributed by atoms with Crippen LogP contribution in [0.1, 0.15) is 65.7 Å². The Balaban J connectivity index is 3.31. The monoisotopic (exact) mass is 196 g/mol. The van der Waals surface area contributed by atoms with Gasteiger partial charge in [-0.25, -0.2) is 0 Å². The van der Waals surface area contributed by atoms with E-state index in [4.69, 9.17) is 0 Å². The van der Waals surface area contributed by atoms with Gasteiger partial charge in [-0.1, -0.05) is 44.6 Å². The fraction of sp³-hybridized carbons (Fsp3) is 0.769. The third-order valence-corrected chi connectivity index (χ3v) is 2.37. The van der Waals surface area contributed by atoms with Gasteiger partial charge in [0.25, 0.3) is 0 Å². The third kappa shape index (κ3) is 9.50. The molecule has 0 saturated carbocycles. The van der Waals surface area contributed by atoms with Crippen molar-refractivity contribution < 1.29 is 4.79 Å². The molecule has 82 valence electrons. The predicted octanol–water partition coefficient (Wildman–Crippen LogP) is 4.27. The van der Waals surface area contributed by atoms with Crippen LogP contribution in [0.5, 0.6) is 0 Å². The zero-order chi connectivity index (χ0) is 10.8. The van der Waals surface area contributed by atoms with Gasteiger partial charge in [0.05, 0.1) is 0 Å². The lowest BCUT2D eigenvalue weighted by Crippen LogP contribution is -1.86. The van der Waals surface area contributed by atoms with Crippen molar-refractivity contribution in [2.75, 3.05) is 0 Å². The number of carbonyl (C=O) groups is 1. The number of hydrogen-bond donors (Lipinski definition) is 0. The summed E-state index contributed by atoms with van der Waals surface area (Å²) in [5.74, 6) is 0.175. The molecule has 0 aliphatic carbocycles. The molecule has 0 aromatic rings. The highest BCUT2D eigenvalue weighted by Crippen LogP contribution is 2.11. The highest BCUT2D eigenvalue weighted by molar-refractivity contribution is 5.87. The highest BCUT2D eigenvalue weighted by Gasteiger charge is 1.93. The van der Waals surface area contributed by atoms with Gasteiger partial charge >= 0.3 is 0 Å². The molecule has 0 aliphatic rings. The van der Waals surface area contributed by atoms with Crippen LogP contribution in [0.4, 0.5) is 0 Å². The maximum atomic E-state index is 10.8. The van der Waals surface area contributed by atoms with E-state index >= 15 is 0 Å². The van der Waals surface area contributed by atoms with Crippen molar-refractivity contribution in [3.05, 3.63) is 11.6 Å². The molecular formula is C13H24O. The van der Waals surface area contributed by atoms with E-state index < -0.39 is 0 Å². The molecule has 0 radical (unpaired) electrons.